The first kappa shape index (κ1) is 33.4. The molecule has 4 aromatic carbocycles. The van der Waals surface area contributed by atoms with E-state index < -0.39 is 12.3 Å². The number of carbonyl (C=O) groups is 3. The number of aromatic nitrogens is 1. The molecule has 4 atom stereocenters. The van der Waals surface area contributed by atoms with Crippen LogP contribution in [0.1, 0.15) is 72.6 Å². The maximum Gasteiger partial charge on any atom is 0.338 e. The van der Waals surface area contributed by atoms with Crippen molar-refractivity contribution in [1.82, 2.24) is 9.88 Å². The Morgan fingerprint density at radius 3 is 2.20 bits per heavy atom. The van der Waals surface area contributed by atoms with Crippen molar-refractivity contribution in [3.05, 3.63) is 154 Å². The lowest BCUT2D eigenvalue weighted by Gasteiger charge is -2.41. The Bertz CT molecular complexity index is 2030. The number of benzene rings is 4. The van der Waals surface area contributed by atoms with Gasteiger partial charge in [0.15, 0.2) is 6.29 Å². The second kappa shape index (κ2) is 14.4. The number of hydrogen-bond donors (Lipinski definition) is 2. The fourth-order valence-electron chi connectivity index (χ4n) is 6.42. The Balaban J connectivity index is 1.15. The van der Waals surface area contributed by atoms with Crippen LogP contribution in [-0.2, 0) is 22.6 Å². The van der Waals surface area contributed by atoms with E-state index in [1.807, 2.05) is 72.8 Å². The van der Waals surface area contributed by atoms with Gasteiger partial charge in [-0.15, -0.1) is 11.8 Å². The summed E-state index contributed by atoms with van der Waals surface area (Å²) in [7, 11) is 0. The molecule has 0 aliphatic carbocycles. The third-order valence-corrected chi connectivity index (χ3v) is 10.2. The van der Waals surface area contributed by atoms with Gasteiger partial charge in [0, 0.05) is 23.4 Å². The third kappa shape index (κ3) is 6.71. The summed E-state index contributed by atoms with van der Waals surface area (Å²) in [4.78, 5) is 43.4. The quantitative estimate of drug-likeness (QED) is 0.115. The molecule has 2 N–H and O–H groups in total. The molecule has 2 amide bonds. The van der Waals surface area contributed by atoms with Gasteiger partial charge in [-0.1, -0.05) is 79.7 Å². The molecule has 252 valence electrons. The molecule has 10 heteroatoms. The average molecular weight is 687 g/mol. The number of rotatable bonds is 10. The minimum absolute atomic E-state index is 0.0609. The Labute approximate surface area is 293 Å². The molecule has 0 spiro atoms. The van der Waals surface area contributed by atoms with Crippen molar-refractivity contribution >= 4 is 29.5 Å². The molecular formula is C40H34N2O7S. The summed E-state index contributed by atoms with van der Waals surface area (Å²) >= 11 is 1.34. The fourth-order valence-corrected chi connectivity index (χ4v) is 7.57. The highest BCUT2D eigenvalue weighted by atomic mass is 32.2. The van der Waals surface area contributed by atoms with Gasteiger partial charge in [0.05, 0.1) is 42.0 Å². The van der Waals surface area contributed by atoms with Gasteiger partial charge in [-0.25, -0.2) is 9.78 Å². The van der Waals surface area contributed by atoms with Gasteiger partial charge < -0.3 is 19.7 Å². The van der Waals surface area contributed by atoms with Crippen LogP contribution in [-0.4, -0.2) is 49.7 Å². The highest BCUT2D eigenvalue weighted by Crippen LogP contribution is 2.43. The first-order chi connectivity index (χ1) is 24.3. The van der Waals surface area contributed by atoms with Crippen molar-refractivity contribution in [3.8, 4) is 11.1 Å². The van der Waals surface area contributed by atoms with E-state index in [0.717, 1.165) is 33.4 Å². The molecule has 1 fully saturated rings. The number of fused-ring (bicyclic) bond motifs is 1. The van der Waals surface area contributed by atoms with Crippen LogP contribution in [0.4, 0.5) is 0 Å². The van der Waals surface area contributed by atoms with E-state index in [9.17, 15) is 24.6 Å². The standard InChI is InChI=1S/C40H34N2O7S/c1-24-34(23-50-36-33(39(46)47)13-6-18-41-36)48-40(49-35(24)27-16-14-25(22-43)15-17-27)30-10-5-9-29(20-30)28-8-4-7-26(19-28)21-42-37(44)31-11-2-3-12-32(31)38(42)45/h2-20,24,34-35,40,43H,21-23H2,1H3,(H,46,47)/t24-,34+,35+,40+/m1/s1. The van der Waals surface area contributed by atoms with Gasteiger partial charge >= 0.3 is 5.97 Å². The molecule has 0 unspecified atom stereocenters. The van der Waals surface area contributed by atoms with Crippen molar-refractivity contribution in [2.24, 2.45) is 5.92 Å². The SMILES string of the molecule is C[C@@H]1[C@H](CSc2ncccc2C(=O)O)O[C@H](c2cccc(-c3cccc(CN4C(=O)c5ccccc5C4=O)c3)c2)O[C@@H]1c1ccc(CO)cc1. The molecule has 50 heavy (non-hydrogen) atoms. The zero-order valence-electron chi connectivity index (χ0n) is 27.1. The molecule has 0 radical (unpaired) electrons. The number of nitrogens with zero attached hydrogens (tertiary/aromatic N) is 2. The molecule has 1 saturated heterocycles. The lowest BCUT2D eigenvalue weighted by molar-refractivity contribution is -0.268. The lowest BCUT2D eigenvalue weighted by atomic mass is 9.91. The molecule has 2 aliphatic heterocycles. The van der Waals surface area contributed by atoms with E-state index in [1.54, 1.807) is 42.6 Å². The molecule has 0 saturated carbocycles. The van der Waals surface area contributed by atoms with Crippen molar-refractivity contribution in [2.75, 3.05) is 5.75 Å². The number of aliphatic hydroxyl groups excluding tert-OH is 1. The minimum Gasteiger partial charge on any atom is -0.478 e. The van der Waals surface area contributed by atoms with E-state index in [0.29, 0.717) is 21.9 Å². The van der Waals surface area contributed by atoms with Crippen molar-refractivity contribution in [1.29, 1.82) is 0 Å². The number of carbonyl (C=O) groups excluding carboxylic acids is 2. The first-order valence-corrected chi connectivity index (χ1v) is 17.3. The lowest BCUT2D eigenvalue weighted by Crippen LogP contribution is -2.38. The van der Waals surface area contributed by atoms with Crippen LogP contribution in [0.15, 0.2) is 120 Å². The number of imide groups is 1. The van der Waals surface area contributed by atoms with E-state index in [-0.39, 0.29) is 48.7 Å². The summed E-state index contributed by atoms with van der Waals surface area (Å²) in [6, 6.07) is 33.3. The summed E-state index contributed by atoms with van der Waals surface area (Å²) in [5.74, 6) is -1.28. The number of hydrogen-bond acceptors (Lipinski definition) is 8. The summed E-state index contributed by atoms with van der Waals surface area (Å²) in [5, 5.41) is 19.7. The number of carboxylic acid groups (broad SMARTS) is 1. The van der Waals surface area contributed by atoms with E-state index >= 15 is 0 Å². The van der Waals surface area contributed by atoms with Crippen LogP contribution in [0.5, 0.6) is 0 Å². The number of carboxylic acids is 1. The predicted octanol–water partition coefficient (Wildman–Crippen LogP) is 7.32. The highest BCUT2D eigenvalue weighted by Gasteiger charge is 2.39. The summed E-state index contributed by atoms with van der Waals surface area (Å²) in [6.07, 6.45) is 0.180. The zero-order valence-corrected chi connectivity index (χ0v) is 28.0. The Hall–Kier alpha value is -5.13. The molecule has 1 aromatic heterocycles. The number of amides is 2. The summed E-state index contributed by atoms with van der Waals surface area (Å²) < 4.78 is 13.3. The number of ether oxygens (including phenoxy) is 2. The van der Waals surface area contributed by atoms with Gasteiger partial charge in [0.25, 0.3) is 11.8 Å². The van der Waals surface area contributed by atoms with E-state index in [2.05, 4.69) is 11.9 Å². The number of thioether (sulfide) groups is 1. The van der Waals surface area contributed by atoms with Crippen LogP contribution >= 0.6 is 11.8 Å². The minimum atomic E-state index is -1.04. The fraction of sp³-hybridized carbons (Fsp3) is 0.200. The van der Waals surface area contributed by atoms with E-state index in [4.69, 9.17) is 9.47 Å². The van der Waals surface area contributed by atoms with Crippen molar-refractivity contribution in [3.63, 3.8) is 0 Å². The largest absolute Gasteiger partial charge is 0.478 e. The van der Waals surface area contributed by atoms with Crippen molar-refractivity contribution in [2.45, 2.75) is 43.6 Å². The van der Waals surface area contributed by atoms with E-state index in [1.165, 1.54) is 16.7 Å². The first-order valence-electron chi connectivity index (χ1n) is 16.3. The Kier molecular flexibility index (Phi) is 9.60. The average Bonchev–Trinajstić information content (AvgIpc) is 3.39. The van der Waals surface area contributed by atoms with Crippen molar-refractivity contribution < 1.29 is 34.1 Å². The zero-order chi connectivity index (χ0) is 34.8. The second-order valence-electron chi connectivity index (χ2n) is 12.4. The molecule has 0 bridgehead atoms. The van der Waals surface area contributed by atoms with Crippen LogP contribution in [0.25, 0.3) is 11.1 Å². The van der Waals surface area contributed by atoms with Crippen LogP contribution in [0.3, 0.4) is 0 Å². The topological polar surface area (TPSA) is 126 Å². The van der Waals surface area contributed by atoms with Gasteiger partial charge in [0.1, 0.15) is 5.03 Å². The van der Waals surface area contributed by atoms with Gasteiger partial charge in [-0.2, -0.15) is 0 Å². The predicted molar refractivity (Wildman–Crippen MR) is 187 cm³/mol. The number of pyridine rings is 1. The third-order valence-electron chi connectivity index (χ3n) is 9.15. The molecule has 3 heterocycles. The van der Waals surface area contributed by atoms with Crippen LogP contribution < -0.4 is 0 Å². The molecule has 7 rings (SSSR count). The smallest absolute Gasteiger partial charge is 0.338 e. The van der Waals surface area contributed by atoms with Crippen LogP contribution in [0, 0.1) is 5.92 Å². The monoisotopic (exact) mass is 686 g/mol. The normalized spacial score (nSPS) is 20.2. The number of aliphatic hydroxyl groups is 1. The number of aromatic carboxylic acids is 1. The van der Waals surface area contributed by atoms with Gasteiger partial charge in [0.2, 0.25) is 0 Å². The second-order valence-corrected chi connectivity index (χ2v) is 13.4. The maximum atomic E-state index is 13.0. The Morgan fingerprint density at radius 2 is 1.50 bits per heavy atom. The Morgan fingerprint density at radius 1 is 0.800 bits per heavy atom. The summed E-state index contributed by atoms with van der Waals surface area (Å²) in [5.41, 5.74) is 6.16. The highest BCUT2D eigenvalue weighted by molar-refractivity contribution is 7.99. The molecule has 2 aliphatic rings. The molecule has 9 nitrogen and oxygen atoms in total. The molecule has 5 aromatic rings. The maximum absolute atomic E-state index is 13.0. The molecular weight excluding hydrogens is 653 g/mol. The van der Waals surface area contributed by atoms with Gasteiger partial charge in [-0.05, 0) is 64.2 Å². The van der Waals surface area contributed by atoms with Gasteiger partial charge in [-0.3, -0.25) is 14.5 Å². The van der Waals surface area contributed by atoms with Crippen LogP contribution in [0.2, 0.25) is 0 Å². The summed E-state index contributed by atoms with van der Waals surface area (Å²) in [6.45, 7) is 2.15.